The number of piperidine rings is 1. The fourth-order valence-electron chi connectivity index (χ4n) is 4.12. The molecule has 0 unspecified atom stereocenters. The molecule has 0 radical (unpaired) electrons. The number of sulfonamides is 1. The summed E-state index contributed by atoms with van der Waals surface area (Å²) >= 11 is 0. The standard InChI is InChI=1S/C26H28N2O4S/c1-2-32-24-13-11-23(12-14-24)27-33(30,31)25-10-6-9-22(19-25)26(29)28-17-15-21(16-18-28)20-7-4-3-5-8-20/h3-14,19,21,27H,2,15-18H2,1H3. The Morgan fingerprint density at radius 3 is 2.33 bits per heavy atom. The third kappa shape index (κ3) is 5.54. The third-order valence-electron chi connectivity index (χ3n) is 5.86. The van der Waals surface area contributed by atoms with Crippen molar-refractivity contribution >= 4 is 21.6 Å². The Labute approximate surface area is 195 Å². The second-order valence-electron chi connectivity index (χ2n) is 8.07. The molecule has 1 fully saturated rings. The third-order valence-corrected chi connectivity index (χ3v) is 7.24. The van der Waals surface area contributed by atoms with E-state index in [-0.39, 0.29) is 10.8 Å². The van der Waals surface area contributed by atoms with E-state index in [0.717, 1.165) is 12.8 Å². The molecule has 7 heteroatoms. The van der Waals surface area contributed by atoms with Gasteiger partial charge in [0.1, 0.15) is 5.75 Å². The molecule has 1 heterocycles. The van der Waals surface area contributed by atoms with E-state index in [9.17, 15) is 13.2 Å². The van der Waals surface area contributed by atoms with Gasteiger partial charge in [0, 0.05) is 24.3 Å². The van der Waals surface area contributed by atoms with Gasteiger partial charge in [-0.3, -0.25) is 9.52 Å². The molecule has 0 atom stereocenters. The average Bonchev–Trinajstić information content (AvgIpc) is 2.85. The van der Waals surface area contributed by atoms with Crippen LogP contribution in [-0.2, 0) is 10.0 Å². The van der Waals surface area contributed by atoms with E-state index >= 15 is 0 Å². The number of carbonyl (C=O) groups excluding carboxylic acids is 1. The first-order chi connectivity index (χ1) is 16.0. The molecule has 0 spiro atoms. The molecule has 1 aliphatic heterocycles. The summed E-state index contributed by atoms with van der Waals surface area (Å²) < 4.78 is 33.7. The van der Waals surface area contributed by atoms with Crippen molar-refractivity contribution < 1.29 is 17.9 Å². The zero-order valence-corrected chi connectivity index (χ0v) is 19.4. The fourth-order valence-corrected chi connectivity index (χ4v) is 5.22. The zero-order chi connectivity index (χ0) is 23.3. The van der Waals surface area contributed by atoms with E-state index in [0.29, 0.717) is 42.6 Å². The first kappa shape index (κ1) is 22.9. The van der Waals surface area contributed by atoms with Crippen LogP contribution in [0.2, 0.25) is 0 Å². The highest BCUT2D eigenvalue weighted by Crippen LogP contribution is 2.29. The maximum absolute atomic E-state index is 13.1. The van der Waals surface area contributed by atoms with Crippen LogP contribution in [0.25, 0.3) is 0 Å². The fraction of sp³-hybridized carbons (Fsp3) is 0.269. The zero-order valence-electron chi connectivity index (χ0n) is 18.6. The lowest BCUT2D eigenvalue weighted by Crippen LogP contribution is -2.38. The predicted molar refractivity (Wildman–Crippen MR) is 129 cm³/mol. The minimum Gasteiger partial charge on any atom is -0.494 e. The first-order valence-corrected chi connectivity index (χ1v) is 12.6. The van der Waals surface area contributed by atoms with Gasteiger partial charge < -0.3 is 9.64 Å². The molecular weight excluding hydrogens is 436 g/mol. The van der Waals surface area contributed by atoms with Crippen LogP contribution in [0.15, 0.2) is 83.8 Å². The highest BCUT2D eigenvalue weighted by Gasteiger charge is 2.25. The van der Waals surface area contributed by atoms with Crippen molar-refractivity contribution in [1.29, 1.82) is 0 Å². The summed E-state index contributed by atoms with van der Waals surface area (Å²) in [7, 11) is -3.83. The second-order valence-corrected chi connectivity index (χ2v) is 9.75. The van der Waals surface area contributed by atoms with Crippen LogP contribution in [0.5, 0.6) is 5.75 Å². The lowest BCUT2D eigenvalue weighted by Gasteiger charge is -2.32. The normalized spacial score (nSPS) is 14.6. The van der Waals surface area contributed by atoms with Crippen LogP contribution >= 0.6 is 0 Å². The number of carbonyl (C=O) groups is 1. The van der Waals surface area contributed by atoms with E-state index in [4.69, 9.17) is 4.74 Å². The van der Waals surface area contributed by atoms with E-state index in [2.05, 4.69) is 16.9 Å². The van der Waals surface area contributed by atoms with Crippen molar-refractivity contribution in [2.75, 3.05) is 24.4 Å². The van der Waals surface area contributed by atoms with Gasteiger partial charge in [0.05, 0.1) is 11.5 Å². The molecule has 0 saturated carbocycles. The number of nitrogens with zero attached hydrogens (tertiary/aromatic N) is 1. The molecular formula is C26H28N2O4S. The largest absolute Gasteiger partial charge is 0.494 e. The van der Waals surface area contributed by atoms with E-state index in [1.165, 1.54) is 17.7 Å². The maximum Gasteiger partial charge on any atom is 0.261 e. The van der Waals surface area contributed by atoms with Crippen molar-refractivity contribution in [3.63, 3.8) is 0 Å². The molecule has 0 aromatic heterocycles. The monoisotopic (exact) mass is 464 g/mol. The van der Waals surface area contributed by atoms with Crippen molar-refractivity contribution in [1.82, 2.24) is 4.90 Å². The second kappa shape index (κ2) is 10.1. The maximum atomic E-state index is 13.1. The van der Waals surface area contributed by atoms with Crippen molar-refractivity contribution in [3.8, 4) is 5.75 Å². The summed E-state index contributed by atoms with van der Waals surface area (Å²) in [6.45, 7) is 3.73. The summed E-state index contributed by atoms with van der Waals surface area (Å²) in [6, 6.07) is 23.3. The molecule has 3 aromatic carbocycles. The van der Waals surface area contributed by atoms with Gasteiger partial charge in [0.25, 0.3) is 15.9 Å². The van der Waals surface area contributed by atoms with Gasteiger partial charge in [0.2, 0.25) is 0 Å². The quantitative estimate of drug-likeness (QED) is 0.539. The van der Waals surface area contributed by atoms with Crippen LogP contribution in [0.3, 0.4) is 0 Å². The topological polar surface area (TPSA) is 75.7 Å². The summed E-state index contributed by atoms with van der Waals surface area (Å²) in [5.41, 5.74) is 2.11. The molecule has 1 aliphatic rings. The minimum atomic E-state index is -3.83. The Balaban J connectivity index is 1.43. The number of benzene rings is 3. The Morgan fingerprint density at radius 1 is 0.970 bits per heavy atom. The Morgan fingerprint density at radius 2 is 1.67 bits per heavy atom. The van der Waals surface area contributed by atoms with Crippen LogP contribution in [0.1, 0.15) is 41.6 Å². The molecule has 1 saturated heterocycles. The highest BCUT2D eigenvalue weighted by atomic mass is 32.2. The Hall–Kier alpha value is -3.32. The molecule has 0 aliphatic carbocycles. The van der Waals surface area contributed by atoms with Crippen molar-refractivity contribution in [3.05, 3.63) is 90.0 Å². The number of ether oxygens (including phenoxy) is 1. The molecule has 4 rings (SSSR count). The molecule has 33 heavy (non-hydrogen) atoms. The number of nitrogens with one attached hydrogen (secondary N) is 1. The smallest absolute Gasteiger partial charge is 0.261 e. The Bertz CT molecular complexity index is 1190. The number of amides is 1. The molecule has 1 amide bonds. The number of likely N-dealkylation sites (tertiary alicyclic amines) is 1. The van der Waals surface area contributed by atoms with Gasteiger partial charge >= 0.3 is 0 Å². The summed E-state index contributed by atoms with van der Waals surface area (Å²) in [6.07, 6.45) is 1.79. The van der Waals surface area contributed by atoms with Crippen LogP contribution in [0, 0.1) is 0 Å². The van der Waals surface area contributed by atoms with Gasteiger partial charge in [-0.1, -0.05) is 36.4 Å². The highest BCUT2D eigenvalue weighted by molar-refractivity contribution is 7.92. The van der Waals surface area contributed by atoms with Crippen LogP contribution < -0.4 is 9.46 Å². The van der Waals surface area contributed by atoms with Gasteiger partial charge in [-0.2, -0.15) is 0 Å². The van der Waals surface area contributed by atoms with Crippen LogP contribution in [-0.4, -0.2) is 38.9 Å². The first-order valence-electron chi connectivity index (χ1n) is 11.2. The molecule has 3 aromatic rings. The molecule has 6 nitrogen and oxygen atoms in total. The van der Waals surface area contributed by atoms with E-state index in [1.54, 1.807) is 36.4 Å². The Kier molecular flexibility index (Phi) is 6.99. The SMILES string of the molecule is CCOc1ccc(NS(=O)(=O)c2cccc(C(=O)N3CCC(c4ccccc4)CC3)c2)cc1. The number of anilines is 1. The van der Waals surface area contributed by atoms with Gasteiger partial charge in [-0.15, -0.1) is 0 Å². The van der Waals surface area contributed by atoms with E-state index < -0.39 is 10.0 Å². The van der Waals surface area contributed by atoms with Crippen molar-refractivity contribution in [2.45, 2.75) is 30.6 Å². The predicted octanol–water partition coefficient (Wildman–Crippen LogP) is 4.91. The number of hydrogen-bond donors (Lipinski definition) is 1. The van der Waals surface area contributed by atoms with E-state index in [1.807, 2.05) is 30.0 Å². The summed E-state index contributed by atoms with van der Waals surface area (Å²) in [5.74, 6) is 0.976. The lowest BCUT2D eigenvalue weighted by molar-refractivity contribution is 0.0712. The molecule has 0 bridgehead atoms. The minimum absolute atomic E-state index is 0.0569. The number of rotatable bonds is 7. The number of hydrogen-bond acceptors (Lipinski definition) is 4. The van der Waals surface area contributed by atoms with Gasteiger partial charge in [-0.25, -0.2) is 8.42 Å². The van der Waals surface area contributed by atoms with Gasteiger partial charge in [0.15, 0.2) is 0 Å². The van der Waals surface area contributed by atoms with Gasteiger partial charge in [-0.05, 0) is 73.7 Å². The lowest BCUT2D eigenvalue weighted by atomic mass is 9.89. The molecule has 172 valence electrons. The summed E-state index contributed by atoms with van der Waals surface area (Å²) in [4.78, 5) is 14.9. The average molecular weight is 465 g/mol. The van der Waals surface area contributed by atoms with Crippen molar-refractivity contribution in [2.24, 2.45) is 0 Å². The summed E-state index contributed by atoms with van der Waals surface area (Å²) in [5, 5.41) is 0. The molecule has 1 N–H and O–H groups in total. The van der Waals surface area contributed by atoms with Crippen LogP contribution in [0.4, 0.5) is 5.69 Å².